The van der Waals surface area contributed by atoms with Gasteiger partial charge in [0.05, 0.1) is 0 Å². The molecule has 0 atom stereocenters. The predicted molar refractivity (Wildman–Crippen MR) is 104 cm³/mol. The first-order valence-electron chi connectivity index (χ1n) is 8.02. The number of hydrogen-bond acceptors (Lipinski definition) is 5. The average Bonchev–Trinajstić information content (AvgIpc) is 2.63. The molecule has 0 amide bonds. The number of nitrogens with zero attached hydrogens (tertiary/aromatic N) is 2. The second-order valence-electron chi connectivity index (χ2n) is 5.79. The molecule has 0 saturated carbocycles. The Balaban J connectivity index is 1.94. The highest BCUT2D eigenvalue weighted by Crippen LogP contribution is 2.28. The fourth-order valence-electron chi connectivity index (χ4n) is 2.46. The minimum atomic E-state index is 0.0222. The van der Waals surface area contributed by atoms with E-state index in [0.29, 0.717) is 22.5 Å². The summed E-state index contributed by atoms with van der Waals surface area (Å²) in [6.45, 7) is 1.90. The van der Waals surface area contributed by atoms with Gasteiger partial charge in [-0.05, 0) is 48.9 Å². The quantitative estimate of drug-likeness (QED) is 0.603. The number of para-hydroxylation sites is 4. The Labute approximate surface area is 151 Å². The molecule has 5 heteroatoms. The molecule has 0 spiro atoms. The summed E-state index contributed by atoms with van der Waals surface area (Å²) in [4.78, 5) is 8.46. The molecule has 0 radical (unpaired) electrons. The third-order valence-electron chi connectivity index (χ3n) is 3.76. The lowest BCUT2D eigenvalue weighted by atomic mass is 10.1. The minimum absolute atomic E-state index is 0.0222. The second kappa shape index (κ2) is 7.53. The average molecular weight is 346 g/mol. The highest BCUT2D eigenvalue weighted by Gasteiger charge is 2.07. The van der Waals surface area contributed by atoms with E-state index in [4.69, 9.17) is 0 Å². The summed E-state index contributed by atoms with van der Waals surface area (Å²) in [5.41, 5.74) is 2.76. The molecule has 0 aromatic heterocycles. The Morgan fingerprint density at radius 1 is 0.692 bits per heavy atom. The minimum Gasteiger partial charge on any atom is -0.507 e. The fourth-order valence-corrected chi connectivity index (χ4v) is 2.46. The predicted octanol–water partition coefficient (Wildman–Crippen LogP) is 4.61. The maximum Gasteiger partial charge on any atom is 0.141 e. The van der Waals surface area contributed by atoms with Crippen molar-refractivity contribution in [2.24, 2.45) is 9.98 Å². The second-order valence-corrected chi connectivity index (χ2v) is 5.79. The number of aryl methyl sites for hydroxylation is 1. The molecule has 0 aliphatic rings. The van der Waals surface area contributed by atoms with Gasteiger partial charge in [-0.2, -0.15) is 0 Å². The van der Waals surface area contributed by atoms with Crippen LogP contribution in [0.3, 0.4) is 0 Å². The highest BCUT2D eigenvalue weighted by molar-refractivity contribution is 5.94. The number of rotatable bonds is 4. The normalized spacial score (nSPS) is 11.4. The van der Waals surface area contributed by atoms with Crippen LogP contribution < -0.4 is 0 Å². The third-order valence-corrected chi connectivity index (χ3v) is 3.76. The van der Waals surface area contributed by atoms with E-state index in [2.05, 4.69) is 9.98 Å². The van der Waals surface area contributed by atoms with Crippen LogP contribution in [-0.2, 0) is 0 Å². The number of phenolic OH excluding ortho intramolecular Hbond substituents is 3. The van der Waals surface area contributed by atoms with Gasteiger partial charge in [-0.3, -0.25) is 9.98 Å². The van der Waals surface area contributed by atoms with Gasteiger partial charge >= 0.3 is 0 Å². The molecular weight excluding hydrogens is 328 g/mol. The van der Waals surface area contributed by atoms with Gasteiger partial charge in [0.1, 0.15) is 28.6 Å². The number of benzene rings is 3. The highest BCUT2D eigenvalue weighted by atomic mass is 16.3. The monoisotopic (exact) mass is 346 g/mol. The van der Waals surface area contributed by atoms with Gasteiger partial charge in [-0.25, -0.2) is 0 Å². The smallest absolute Gasteiger partial charge is 0.141 e. The van der Waals surface area contributed by atoms with Crippen molar-refractivity contribution in [2.45, 2.75) is 6.92 Å². The van der Waals surface area contributed by atoms with Gasteiger partial charge in [0, 0.05) is 23.6 Å². The molecule has 3 aromatic carbocycles. The van der Waals surface area contributed by atoms with Crippen LogP contribution in [0.4, 0.5) is 11.4 Å². The summed E-state index contributed by atoms with van der Waals surface area (Å²) < 4.78 is 0. The van der Waals surface area contributed by atoms with Crippen molar-refractivity contribution in [2.75, 3.05) is 0 Å². The molecule has 0 fully saturated rings. The van der Waals surface area contributed by atoms with Crippen molar-refractivity contribution in [3.63, 3.8) is 0 Å². The van der Waals surface area contributed by atoms with Crippen molar-refractivity contribution in [1.29, 1.82) is 0 Å². The van der Waals surface area contributed by atoms with Crippen LogP contribution in [0.1, 0.15) is 16.7 Å². The van der Waals surface area contributed by atoms with E-state index in [1.54, 1.807) is 60.7 Å². The van der Waals surface area contributed by atoms with Crippen LogP contribution in [-0.4, -0.2) is 27.7 Å². The van der Waals surface area contributed by atoms with Crippen LogP contribution in [0.2, 0.25) is 0 Å². The number of hydrogen-bond donors (Lipinski definition) is 3. The zero-order valence-electron chi connectivity index (χ0n) is 14.2. The number of phenols is 3. The van der Waals surface area contributed by atoms with E-state index in [1.165, 1.54) is 12.4 Å². The molecule has 3 aromatic rings. The largest absolute Gasteiger partial charge is 0.507 e. The van der Waals surface area contributed by atoms with E-state index in [-0.39, 0.29) is 17.2 Å². The molecular formula is C21H18N2O3. The standard InChI is InChI=1S/C21H18N2O3/c1-14-10-15(12-22-17-6-2-4-8-19(17)24)21(26)16(11-14)13-23-18-7-3-5-9-20(18)25/h2-13,24-26H,1H3. The molecule has 0 saturated heterocycles. The van der Waals surface area contributed by atoms with Crippen molar-refractivity contribution >= 4 is 23.8 Å². The first-order chi connectivity index (χ1) is 12.5. The van der Waals surface area contributed by atoms with Crippen molar-refractivity contribution in [3.05, 3.63) is 77.4 Å². The van der Waals surface area contributed by atoms with Crippen LogP contribution in [0, 0.1) is 6.92 Å². The lowest BCUT2D eigenvalue weighted by molar-refractivity contribution is 0.472. The fraction of sp³-hybridized carbons (Fsp3) is 0.0476. The molecule has 0 heterocycles. The molecule has 0 aliphatic heterocycles. The van der Waals surface area contributed by atoms with Gasteiger partial charge in [-0.1, -0.05) is 24.3 Å². The molecule has 3 N–H and O–H groups in total. The zero-order valence-corrected chi connectivity index (χ0v) is 14.2. The van der Waals surface area contributed by atoms with Gasteiger partial charge in [0.25, 0.3) is 0 Å². The summed E-state index contributed by atoms with van der Waals surface area (Å²) >= 11 is 0. The molecule has 3 rings (SSSR count). The third kappa shape index (κ3) is 3.89. The lowest BCUT2D eigenvalue weighted by Crippen LogP contribution is -1.91. The Morgan fingerprint density at radius 3 is 1.54 bits per heavy atom. The van der Waals surface area contributed by atoms with E-state index < -0.39 is 0 Å². The first-order valence-corrected chi connectivity index (χ1v) is 8.02. The van der Waals surface area contributed by atoms with Crippen molar-refractivity contribution in [1.82, 2.24) is 0 Å². The Hall–Kier alpha value is -3.60. The summed E-state index contributed by atoms with van der Waals surface area (Å²) in [5.74, 6) is 0.156. The number of aromatic hydroxyl groups is 3. The van der Waals surface area contributed by atoms with E-state index in [1.807, 2.05) is 6.92 Å². The Bertz CT molecular complexity index is 918. The van der Waals surface area contributed by atoms with Crippen LogP contribution >= 0.6 is 0 Å². The summed E-state index contributed by atoms with van der Waals surface area (Å²) in [7, 11) is 0. The van der Waals surface area contributed by atoms with Gasteiger partial charge in [0.15, 0.2) is 0 Å². The topological polar surface area (TPSA) is 85.4 Å². The van der Waals surface area contributed by atoms with Gasteiger partial charge in [0.2, 0.25) is 0 Å². The maximum absolute atomic E-state index is 10.5. The molecule has 26 heavy (non-hydrogen) atoms. The lowest BCUT2D eigenvalue weighted by Gasteiger charge is -2.06. The van der Waals surface area contributed by atoms with E-state index >= 15 is 0 Å². The first kappa shape index (κ1) is 17.2. The number of aliphatic imine (C=N–C) groups is 2. The summed E-state index contributed by atoms with van der Waals surface area (Å²) in [6, 6.07) is 17.0. The molecule has 130 valence electrons. The molecule has 0 aliphatic carbocycles. The summed E-state index contributed by atoms with van der Waals surface area (Å²) in [6.07, 6.45) is 2.99. The molecule has 0 bridgehead atoms. The SMILES string of the molecule is Cc1cc(C=Nc2ccccc2O)c(O)c(C=Nc2ccccc2O)c1. The Kier molecular flexibility index (Phi) is 4.99. The maximum atomic E-state index is 10.5. The molecule has 0 unspecified atom stereocenters. The van der Waals surface area contributed by atoms with E-state index in [0.717, 1.165) is 5.56 Å². The zero-order chi connectivity index (χ0) is 18.5. The van der Waals surface area contributed by atoms with Crippen molar-refractivity contribution in [3.8, 4) is 17.2 Å². The van der Waals surface area contributed by atoms with Gasteiger partial charge in [-0.15, -0.1) is 0 Å². The van der Waals surface area contributed by atoms with Crippen LogP contribution in [0.25, 0.3) is 0 Å². The molecule has 5 nitrogen and oxygen atoms in total. The Morgan fingerprint density at radius 2 is 1.12 bits per heavy atom. The summed E-state index contributed by atoms with van der Waals surface area (Å²) in [5, 5.41) is 30.1. The van der Waals surface area contributed by atoms with Crippen molar-refractivity contribution < 1.29 is 15.3 Å². The van der Waals surface area contributed by atoms with E-state index in [9.17, 15) is 15.3 Å². The van der Waals surface area contributed by atoms with Gasteiger partial charge < -0.3 is 15.3 Å². The van der Waals surface area contributed by atoms with Crippen LogP contribution in [0.5, 0.6) is 17.2 Å². The van der Waals surface area contributed by atoms with Crippen LogP contribution in [0.15, 0.2) is 70.6 Å².